The van der Waals surface area contributed by atoms with E-state index >= 15 is 0 Å². The van der Waals surface area contributed by atoms with Crippen molar-refractivity contribution in [1.82, 2.24) is 15.5 Å². The molecule has 1 atom stereocenters. The number of hydrogen-bond acceptors (Lipinski definition) is 6. The summed E-state index contributed by atoms with van der Waals surface area (Å²) in [6, 6.07) is 2.09. The van der Waals surface area contributed by atoms with Crippen molar-refractivity contribution in [1.29, 1.82) is 5.26 Å². The van der Waals surface area contributed by atoms with Crippen LogP contribution in [0.1, 0.15) is 71.1 Å². The number of ether oxygens (including phenoxy) is 1. The molecule has 1 saturated heterocycles. The summed E-state index contributed by atoms with van der Waals surface area (Å²) >= 11 is 0. The smallest absolute Gasteiger partial charge is 0.243 e. The summed E-state index contributed by atoms with van der Waals surface area (Å²) in [5, 5.41) is 16.5. The summed E-state index contributed by atoms with van der Waals surface area (Å²) in [7, 11) is 0. The average Bonchev–Trinajstić information content (AvgIpc) is 3.04. The van der Waals surface area contributed by atoms with E-state index in [-0.39, 0.29) is 11.9 Å². The molecule has 168 valence electrons. The second-order valence-corrected chi connectivity index (χ2v) is 9.20. The largest absolute Gasteiger partial charge is 0.372 e. The van der Waals surface area contributed by atoms with Crippen molar-refractivity contribution in [2.45, 2.75) is 82.7 Å². The Hall–Kier alpha value is -1.65. The van der Waals surface area contributed by atoms with Gasteiger partial charge in [0, 0.05) is 13.1 Å². The van der Waals surface area contributed by atoms with Gasteiger partial charge in [-0.15, -0.1) is 0 Å². The van der Waals surface area contributed by atoms with Crippen LogP contribution in [-0.4, -0.2) is 67.6 Å². The van der Waals surface area contributed by atoms with Crippen molar-refractivity contribution in [2.75, 3.05) is 39.4 Å². The predicted octanol–water partition coefficient (Wildman–Crippen LogP) is 2.62. The molecule has 7 heteroatoms. The van der Waals surface area contributed by atoms with Crippen LogP contribution in [0.5, 0.6) is 0 Å². The highest BCUT2D eigenvalue weighted by atomic mass is 16.5. The molecule has 2 aliphatic heterocycles. The van der Waals surface area contributed by atoms with Crippen LogP contribution in [0.2, 0.25) is 0 Å². The standard InChI is InChI=1S/C23H39N5O2/c1-2-12-28-13-9-23(18-24,10-14-28)27-22(29)20(26-21-17-30-15-11-25-21)16-19-7-5-3-4-6-8-19/h19-20H,2-17H2,1H3,(H,25,26)(H,27,29). The molecule has 30 heavy (non-hydrogen) atoms. The van der Waals surface area contributed by atoms with Crippen molar-refractivity contribution in [2.24, 2.45) is 10.9 Å². The lowest BCUT2D eigenvalue weighted by Crippen LogP contribution is -2.59. The molecular formula is C23H39N5O2. The lowest BCUT2D eigenvalue weighted by atomic mass is 9.87. The Kier molecular flexibility index (Phi) is 8.95. The lowest BCUT2D eigenvalue weighted by molar-refractivity contribution is -0.125. The summed E-state index contributed by atoms with van der Waals surface area (Å²) in [4.78, 5) is 20.3. The summed E-state index contributed by atoms with van der Waals surface area (Å²) < 4.78 is 5.52. The van der Waals surface area contributed by atoms with E-state index in [0.29, 0.717) is 38.5 Å². The van der Waals surface area contributed by atoms with Crippen molar-refractivity contribution >= 4 is 11.7 Å². The number of carbonyl (C=O) groups excluding carboxylic acids is 1. The SMILES string of the molecule is CCCN1CCC(C#N)(NC(=O)C(CC2CCCCCC2)NC2=NCCOC2)CC1. The van der Waals surface area contributed by atoms with Gasteiger partial charge in [0.05, 0.1) is 19.2 Å². The lowest BCUT2D eigenvalue weighted by Gasteiger charge is -2.38. The van der Waals surface area contributed by atoms with E-state index in [1.807, 2.05) is 0 Å². The first-order chi connectivity index (χ1) is 14.6. The minimum absolute atomic E-state index is 0.0574. The van der Waals surface area contributed by atoms with Crippen LogP contribution in [0.3, 0.4) is 0 Å². The molecule has 7 nitrogen and oxygen atoms in total. The van der Waals surface area contributed by atoms with Gasteiger partial charge >= 0.3 is 0 Å². The van der Waals surface area contributed by atoms with Gasteiger partial charge in [0.25, 0.3) is 0 Å². The number of nitriles is 1. The molecule has 1 unspecified atom stereocenters. The van der Waals surface area contributed by atoms with Gasteiger partial charge in [0.1, 0.15) is 24.0 Å². The van der Waals surface area contributed by atoms with Gasteiger partial charge in [-0.2, -0.15) is 5.26 Å². The van der Waals surface area contributed by atoms with E-state index in [1.165, 1.54) is 38.5 Å². The highest BCUT2D eigenvalue weighted by Crippen LogP contribution is 2.27. The first-order valence-corrected chi connectivity index (χ1v) is 12.0. The first kappa shape index (κ1) is 23.0. The number of amides is 1. The van der Waals surface area contributed by atoms with E-state index in [4.69, 9.17) is 4.74 Å². The van der Waals surface area contributed by atoms with E-state index < -0.39 is 5.54 Å². The predicted molar refractivity (Wildman–Crippen MR) is 118 cm³/mol. The summed E-state index contributed by atoms with van der Waals surface area (Å²) in [5.74, 6) is 1.25. The van der Waals surface area contributed by atoms with Gasteiger partial charge in [0.15, 0.2) is 0 Å². The molecule has 1 amide bonds. The van der Waals surface area contributed by atoms with Crippen LogP contribution in [0, 0.1) is 17.2 Å². The summed E-state index contributed by atoms with van der Waals surface area (Å²) in [6.07, 6.45) is 10.8. The maximum Gasteiger partial charge on any atom is 0.243 e. The molecular weight excluding hydrogens is 378 g/mol. The van der Waals surface area contributed by atoms with Crippen LogP contribution in [0.4, 0.5) is 0 Å². The number of amidine groups is 1. The third kappa shape index (κ3) is 6.68. The Labute approximate surface area is 181 Å². The fourth-order valence-corrected chi connectivity index (χ4v) is 4.97. The minimum Gasteiger partial charge on any atom is -0.372 e. The number of carbonyl (C=O) groups is 1. The zero-order valence-corrected chi connectivity index (χ0v) is 18.6. The number of rotatable bonds is 7. The van der Waals surface area contributed by atoms with Gasteiger partial charge < -0.3 is 20.3 Å². The van der Waals surface area contributed by atoms with Gasteiger partial charge in [-0.25, -0.2) is 0 Å². The molecule has 2 N–H and O–H groups in total. The zero-order chi connectivity index (χ0) is 21.2. The van der Waals surface area contributed by atoms with Gasteiger partial charge in [-0.1, -0.05) is 45.4 Å². The average molecular weight is 418 g/mol. The van der Waals surface area contributed by atoms with E-state index in [2.05, 4.69) is 33.5 Å². The molecule has 0 aromatic carbocycles. The topological polar surface area (TPSA) is 89.8 Å². The maximum absolute atomic E-state index is 13.4. The molecule has 0 spiro atoms. The Morgan fingerprint density at radius 1 is 1.30 bits per heavy atom. The quantitative estimate of drug-likeness (QED) is 0.622. The Morgan fingerprint density at radius 3 is 2.63 bits per heavy atom. The third-order valence-electron chi connectivity index (χ3n) is 6.80. The van der Waals surface area contributed by atoms with Crippen molar-refractivity contribution in [3.8, 4) is 6.07 Å². The van der Waals surface area contributed by atoms with Crippen molar-refractivity contribution < 1.29 is 9.53 Å². The van der Waals surface area contributed by atoms with E-state index in [0.717, 1.165) is 38.3 Å². The number of hydrogen-bond donors (Lipinski definition) is 2. The molecule has 1 saturated carbocycles. The minimum atomic E-state index is -0.754. The third-order valence-corrected chi connectivity index (χ3v) is 6.80. The van der Waals surface area contributed by atoms with Crippen LogP contribution < -0.4 is 10.6 Å². The Morgan fingerprint density at radius 2 is 2.03 bits per heavy atom. The van der Waals surface area contributed by atoms with Crippen LogP contribution in [-0.2, 0) is 9.53 Å². The van der Waals surface area contributed by atoms with Gasteiger partial charge in [0.2, 0.25) is 5.91 Å². The monoisotopic (exact) mass is 417 g/mol. The van der Waals surface area contributed by atoms with Gasteiger partial charge in [-0.3, -0.25) is 9.79 Å². The van der Waals surface area contributed by atoms with Crippen molar-refractivity contribution in [3.63, 3.8) is 0 Å². The van der Waals surface area contributed by atoms with Crippen LogP contribution >= 0.6 is 0 Å². The molecule has 1 aliphatic carbocycles. The second kappa shape index (κ2) is 11.7. The molecule has 0 aromatic rings. The van der Waals surface area contributed by atoms with E-state index in [9.17, 15) is 10.1 Å². The number of nitrogens with zero attached hydrogens (tertiary/aromatic N) is 3. The maximum atomic E-state index is 13.4. The Bertz CT molecular complexity index is 614. The molecule has 3 rings (SSSR count). The molecule has 3 aliphatic rings. The highest BCUT2D eigenvalue weighted by Gasteiger charge is 2.38. The van der Waals surface area contributed by atoms with Gasteiger partial charge in [-0.05, 0) is 38.1 Å². The zero-order valence-electron chi connectivity index (χ0n) is 18.6. The number of aliphatic imine (C=N–C) groups is 1. The molecule has 0 aromatic heterocycles. The number of nitrogens with one attached hydrogen (secondary N) is 2. The molecule has 0 bridgehead atoms. The molecule has 0 radical (unpaired) electrons. The molecule has 2 fully saturated rings. The number of likely N-dealkylation sites (tertiary alicyclic amines) is 1. The second-order valence-electron chi connectivity index (χ2n) is 9.20. The normalized spacial score (nSPS) is 24.2. The molecule has 2 heterocycles. The van der Waals surface area contributed by atoms with Crippen molar-refractivity contribution in [3.05, 3.63) is 0 Å². The Balaban J connectivity index is 1.65. The summed E-state index contributed by atoms with van der Waals surface area (Å²) in [6.45, 7) is 6.66. The van der Waals surface area contributed by atoms with Crippen LogP contribution in [0.25, 0.3) is 0 Å². The van der Waals surface area contributed by atoms with E-state index in [1.54, 1.807) is 0 Å². The highest BCUT2D eigenvalue weighted by molar-refractivity contribution is 5.91. The number of piperidine rings is 1. The fourth-order valence-electron chi connectivity index (χ4n) is 4.97. The fraction of sp³-hybridized carbons (Fsp3) is 0.870. The van der Waals surface area contributed by atoms with Crippen LogP contribution in [0.15, 0.2) is 4.99 Å². The first-order valence-electron chi connectivity index (χ1n) is 12.0. The summed E-state index contributed by atoms with van der Waals surface area (Å²) in [5.41, 5.74) is -0.754.